The number of hydrogen-bond acceptors (Lipinski definition) is 3. The Morgan fingerprint density at radius 1 is 1.05 bits per heavy atom. The van der Waals surface area contributed by atoms with Gasteiger partial charge in [-0.1, -0.05) is 23.2 Å². The topological polar surface area (TPSA) is 67.4 Å². The summed E-state index contributed by atoms with van der Waals surface area (Å²) in [6, 6.07) is 4.65. The van der Waals surface area contributed by atoms with Gasteiger partial charge in [-0.05, 0) is 45.4 Å². The Labute approximate surface area is 140 Å². The van der Waals surface area contributed by atoms with E-state index in [1.165, 1.54) is 0 Å². The first-order chi connectivity index (χ1) is 10.2. The third kappa shape index (κ3) is 7.52. The van der Waals surface area contributed by atoms with Gasteiger partial charge in [-0.3, -0.25) is 4.79 Å². The zero-order chi connectivity index (χ0) is 16.8. The first kappa shape index (κ1) is 18.6. The summed E-state index contributed by atoms with van der Waals surface area (Å²) >= 11 is 11.7. The highest BCUT2D eigenvalue weighted by Gasteiger charge is 2.15. The van der Waals surface area contributed by atoms with E-state index in [4.69, 9.17) is 27.9 Å². The van der Waals surface area contributed by atoms with Crippen LogP contribution in [0.25, 0.3) is 0 Å². The molecular formula is C15H20Cl2N2O3. The molecule has 1 aromatic carbocycles. The molecule has 0 saturated carbocycles. The number of hydrogen-bond donors (Lipinski definition) is 2. The van der Waals surface area contributed by atoms with E-state index in [1.54, 1.807) is 39.0 Å². The third-order valence-electron chi connectivity index (χ3n) is 2.43. The van der Waals surface area contributed by atoms with Crippen LogP contribution in [-0.4, -0.2) is 30.7 Å². The van der Waals surface area contributed by atoms with Gasteiger partial charge in [-0.15, -0.1) is 0 Å². The molecule has 0 aliphatic carbocycles. The third-order valence-corrected chi connectivity index (χ3v) is 2.87. The fourth-order valence-electron chi connectivity index (χ4n) is 1.58. The average molecular weight is 347 g/mol. The van der Waals surface area contributed by atoms with Crippen molar-refractivity contribution in [1.29, 1.82) is 0 Å². The van der Waals surface area contributed by atoms with Crippen LogP contribution in [0.5, 0.6) is 0 Å². The number of halogens is 2. The zero-order valence-corrected chi connectivity index (χ0v) is 14.3. The van der Waals surface area contributed by atoms with E-state index in [9.17, 15) is 9.59 Å². The molecule has 0 aliphatic heterocycles. The molecule has 122 valence electrons. The van der Waals surface area contributed by atoms with Gasteiger partial charge in [0.25, 0.3) is 5.91 Å². The first-order valence-electron chi connectivity index (χ1n) is 6.88. The molecule has 2 N–H and O–H groups in total. The van der Waals surface area contributed by atoms with Gasteiger partial charge in [-0.25, -0.2) is 4.79 Å². The second-order valence-corrected chi connectivity index (χ2v) is 6.57. The number of rotatable bonds is 5. The molecular weight excluding hydrogens is 327 g/mol. The van der Waals surface area contributed by atoms with Gasteiger partial charge in [0, 0.05) is 28.7 Å². The number of ether oxygens (including phenoxy) is 1. The van der Waals surface area contributed by atoms with Crippen LogP contribution in [0.1, 0.15) is 37.6 Å². The molecule has 0 aromatic heterocycles. The van der Waals surface area contributed by atoms with Crippen molar-refractivity contribution in [3.63, 3.8) is 0 Å². The van der Waals surface area contributed by atoms with Crippen molar-refractivity contribution in [3.8, 4) is 0 Å². The summed E-state index contributed by atoms with van der Waals surface area (Å²) < 4.78 is 5.09. The summed E-state index contributed by atoms with van der Waals surface area (Å²) in [7, 11) is 0. The van der Waals surface area contributed by atoms with Crippen molar-refractivity contribution in [3.05, 3.63) is 33.8 Å². The normalized spacial score (nSPS) is 11.0. The van der Waals surface area contributed by atoms with Crippen LogP contribution in [0.4, 0.5) is 4.79 Å². The smallest absolute Gasteiger partial charge is 0.407 e. The Balaban J connectivity index is 2.27. The number of carbonyl (C=O) groups is 2. The largest absolute Gasteiger partial charge is 0.444 e. The van der Waals surface area contributed by atoms with Crippen molar-refractivity contribution >= 4 is 35.2 Å². The molecule has 0 heterocycles. The second kappa shape index (κ2) is 8.25. The molecule has 0 saturated heterocycles. The summed E-state index contributed by atoms with van der Waals surface area (Å²) in [6.07, 6.45) is 0.111. The Hall–Kier alpha value is -1.46. The van der Waals surface area contributed by atoms with Crippen molar-refractivity contribution in [2.24, 2.45) is 0 Å². The highest BCUT2D eigenvalue weighted by atomic mass is 35.5. The van der Waals surface area contributed by atoms with Crippen LogP contribution >= 0.6 is 23.2 Å². The molecule has 0 aliphatic rings. The van der Waals surface area contributed by atoms with Gasteiger partial charge in [0.15, 0.2) is 0 Å². The fraction of sp³-hybridized carbons (Fsp3) is 0.467. The maximum Gasteiger partial charge on any atom is 0.407 e. The Morgan fingerprint density at radius 3 is 2.14 bits per heavy atom. The Kier molecular flexibility index (Phi) is 6.97. The van der Waals surface area contributed by atoms with E-state index in [2.05, 4.69) is 10.6 Å². The molecule has 1 rings (SSSR count). The molecule has 0 radical (unpaired) electrons. The number of carbonyl (C=O) groups excluding carboxylic acids is 2. The molecule has 0 bridgehead atoms. The second-order valence-electron chi connectivity index (χ2n) is 5.70. The van der Waals surface area contributed by atoms with E-state index >= 15 is 0 Å². The van der Waals surface area contributed by atoms with E-state index < -0.39 is 11.7 Å². The van der Waals surface area contributed by atoms with Crippen LogP contribution in [0.3, 0.4) is 0 Å². The summed E-state index contributed by atoms with van der Waals surface area (Å²) in [5.74, 6) is -0.262. The monoisotopic (exact) mass is 346 g/mol. The minimum absolute atomic E-state index is 0.262. The summed E-state index contributed by atoms with van der Waals surface area (Å²) in [6.45, 7) is 6.21. The lowest BCUT2D eigenvalue weighted by Gasteiger charge is -2.19. The predicted molar refractivity (Wildman–Crippen MR) is 87.6 cm³/mol. The maximum absolute atomic E-state index is 11.9. The van der Waals surface area contributed by atoms with Gasteiger partial charge >= 0.3 is 6.09 Å². The standard InChI is InChI=1S/C15H20Cl2N2O3/c1-15(2,3)22-14(21)19-6-4-5-18-13(20)10-7-11(16)9-12(17)8-10/h7-9H,4-6H2,1-3H3,(H,18,20)(H,19,21). The number of benzene rings is 1. The molecule has 2 amide bonds. The number of amides is 2. The van der Waals surface area contributed by atoms with Gasteiger partial charge in [0.1, 0.15) is 5.60 Å². The zero-order valence-electron chi connectivity index (χ0n) is 12.8. The number of nitrogens with one attached hydrogen (secondary N) is 2. The molecule has 1 aromatic rings. The lowest BCUT2D eigenvalue weighted by atomic mass is 10.2. The van der Waals surface area contributed by atoms with E-state index in [0.717, 1.165) is 0 Å². The first-order valence-corrected chi connectivity index (χ1v) is 7.64. The minimum atomic E-state index is -0.524. The van der Waals surface area contributed by atoms with Crippen LogP contribution in [0.2, 0.25) is 10.0 Å². The van der Waals surface area contributed by atoms with Crippen molar-refractivity contribution in [2.45, 2.75) is 32.8 Å². The summed E-state index contributed by atoms with van der Waals surface area (Å²) in [4.78, 5) is 23.3. The quantitative estimate of drug-likeness (QED) is 0.799. The maximum atomic E-state index is 11.9. The lowest BCUT2D eigenvalue weighted by molar-refractivity contribution is 0.0527. The van der Waals surface area contributed by atoms with Crippen LogP contribution in [0.15, 0.2) is 18.2 Å². The van der Waals surface area contributed by atoms with Crippen LogP contribution in [0, 0.1) is 0 Å². The van der Waals surface area contributed by atoms with E-state index in [-0.39, 0.29) is 5.91 Å². The van der Waals surface area contributed by atoms with E-state index in [0.29, 0.717) is 35.1 Å². The average Bonchev–Trinajstić information content (AvgIpc) is 2.34. The van der Waals surface area contributed by atoms with Gasteiger partial charge in [0.2, 0.25) is 0 Å². The minimum Gasteiger partial charge on any atom is -0.444 e. The van der Waals surface area contributed by atoms with E-state index in [1.807, 2.05) is 0 Å². The molecule has 0 fully saturated rings. The molecule has 22 heavy (non-hydrogen) atoms. The van der Waals surface area contributed by atoms with Crippen molar-refractivity contribution < 1.29 is 14.3 Å². The molecule has 5 nitrogen and oxygen atoms in total. The summed E-state index contributed by atoms with van der Waals surface area (Å²) in [5, 5.41) is 6.16. The fourth-order valence-corrected chi connectivity index (χ4v) is 2.11. The van der Waals surface area contributed by atoms with Crippen LogP contribution in [-0.2, 0) is 4.74 Å². The van der Waals surface area contributed by atoms with Crippen molar-refractivity contribution in [1.82, 2.24) is 10.6 Å². The van der Waals surface area contributed by atoms with Crippen LogP contribution < -0.4 is 10.6 Å². The number of alkyl carbamates (subject to hydrolysis) is 1. The lowest BCUT2D eigenvalue weighted by Crippen LogP contribution is -2.34. The molecule has 0 unspecified atom stereocenters. The van der Waals surface area contributed by atoms with Gasteiger partial charge < -0.3 is 15.4 Å². The predicted octanol–water partition coefficient (Wildman–Crippen LogP) is 3.64. The highest BCUT2D eigenvalue weighted by Crippen LogP contribution is 2.18. The van der Waals surface area contributed by atoms with Crippen molar-refractivity contribution in [2.75, 3.05) is 13.1 Å². The molecule has 7 heteroatoms. The Morgan fingerprint density at radius 2 is 1.59 bits per heavy atom. The highest BCUT2D eigenvalue weighted by molar-refractivity contribution is 6.35. The Bertz CT molecular complexity index is 522. The van der Waals surface area contributed by atoms with Gasteiger partial charge in [-0.2, -0.15) is 0 Å². The molecule has 0 spiro atoms. The van der Waals surface area contributed by atoms with Gasteiger partial charge in [0.05, 0.1) is 0 Å². The molecule has 0 atom stereocenters. The summed E-state index contributed by atoms with van der Waals surface area (Å²) in [5.41, 5.74) is -0.123. The SMILES string of the molecule is CC(C)(C)OC(=O)NCCCNC(=O)c1cc(Cl)cc(Cl)c1.